The lowest BCUT2D eigenvalue weighted by Crippen LogP contribution is -1.97. The normalized spacial score (nSPS) is 11.3. The van der Waals surface area contributed by atoms with Crippen LogP contribution in [0.3, 0.4) is 0 Å². The molecule has 7 aromatic rings. The number of aliphatic carboxylic acids is 4. The van der Waals surface area contributed by atoms with Crippen LogP contribution in [-0.2, 0) is 44.9 Å². The second kappa shape index (κ2) is 17.3. The maximum atomic E-state index is 11.6. The van der Waals surface area contributed by atoms with Gasteiger partial charge in [-0.05, 0) is 119 Å². The largest absolute Gasteiger partial charge is 0.481 e. The number of carboxylic acid groups (broad SMARTS) is 4. The van der Waals surface area contributed by atoms with E-state index in [0.717, 1.165) is 80.8 Å². The fourth-order valence-electron chi connectivity index (χ4n) is 6.12. The molecule has 0 spiro atoms. The van der Waals surface area contributed by atoms with Crippen LogP contribution in [0.5, 0.6) is 0 Å². The molecule has 0 bridgehead atoms. The third-order valence-corrected chi connectivity index (χ3v) is 17.4. The summed E-state index contributed by atoms with van der Waals surface area (Å²) in [7, 11) is 0. The molecule has 0 saturated heterocycles. The van der Waals surface area contributed by atoms with Crippen LogP contribution in [0.25, 0.3) is 58.5 Å². The first-order valence-electron chi connectivity index (χ1n) is 17.1. The van der Waals surface area contributed by atoms with Crippen molar-refractivity contribution >= 4 is 103 Å². The molecule has 0 amide bonds. The number of hydrogen-bond donors (Lipinski definition) is 4. The van der Waals surface area contributed by atoms with E-state index < -0.39 is 23.9 Å². The molecule has 0 aliphatic heterocycles. The van der Waals surface area contributed by atoms with Crippen LogP contribution in [0.15, 0.2) is 71.4 Å². The predicted octanol–water partition coefficient (Wildman–Crippen LogP) is 12.2. The van der Waals surface area contributed by atoms with Gasteiger partial charge in [0.2, 0.25) is 0 Å². The highest BCUT2D eigenvalue weighted by atomic mass is 32.1. The monoisotopic (exact) mass is 864 g/mol. The Bertz CT molecular complexity index is 2330. The maximum Gasteiger partial charge on any atom is 0.303 e. The highest BCUT2D eigenvalue weighted by Gasteiger charge is 2.21. The van der Waals surface area contributed by atoms with Crippen LogP contribution in [0.4, 0.5) is 0 Å². The molecule has 0 atom stereocenters. The lowest BCUT2D eigenvalue weighted by Gasteiger charge is -2.01. The third-order valence-electron chi connectivity index (χ3n) is 8.74. The van der Waals surface area contributed by atoms with Gasteiger partial charge in [-0.2, -0.15) is 0 Å². The van der Waals surface area contributed by atoms with E-state index in [1.807, 2.05) is 22.9 Å². The summed E-state index contributed by atoms with van der Waals surface area (Å²) >= 11 is 11.4. The van der Waals surface area contributed by atoms with E-state index in [0.29, 0.717) is 25.7 Å². The smallest absolute Gasteiger partial charge is 0.303 e. The summed E-state index contributed by atoms with van der Waals surface area (Å²) in [5, 5.41) is 41.5. The lowest BCUT2D eigenvalue weighted by molar-refractivity contribution is -0.138. The van der Waals surface area contributed by atoms with Crippen molar-refractivity contribution in [1.82, 2.24) is 0 Å². The summed E-state index contributed by atoms with van der Waals surface area (Å²) in [5.74, 6) is -3.37. The topological polar surface area (TPSA) is 149 Å². The van der Waals surface area contributed by atoms with Gasteiger partial charge in [0.05, 0.1) is 0 Å². The number of rotatable bonds is 18. The van der Waals surface area contributed by atoms with Gasteiger partial charge < -0.3 is 20.4 Å². The summed E-state index contributed by atoms with van der Waals surface area (Å²) in [6, 6.07) is 20.6. The number of carbonyl (C=O) groups is 4. The van der Waals surface area contributed by atoms with Crippen molar-refractivity contribution < 1.29 is 39.6 Å². The Morgan fingerprint density at radius 3 is 1.04 bits per heavy atom. The van der Waals surface area contributed by atoms with E-state index in [2.05, 4.69) is 48.5 Å². The molecule has 15 heteroatoms. The molecule has 0 fully saturated rings. The van der Waals surface area contributed by atoms with E-state index in [1.165, 1.54) is 0 Å². The molecular weight excluding hydrogens is 833 g/mol. The third kappa shape index (κ3) is 9.26. The van der Waals surface area contributed by atoms with E-state index in [4.69, 9.17) is 0 Å². The maximum absolute atomic E-state index is 11.6. The van der Waals surface area contributed by atoms with E-state index in [-0.39, 0.29) is 25.7 Å². The van der Waals surface area contributed by atoms with Gasteiger partial charge in [0.25, 0.3) is 0 Å². The first-order valence-corrected chi connectivity index (χ1v) is 22.9. The molecule has 8 nitrogen and oxygen atoms in total. The van der Waals surface area contributed by atoms with Crippen molar-refractivity contribution in [2.24, 2.45) is 0 Å². The first kappa shape index (κ1) is 39.0. The van der Waals surface area contributed by atoms with Gasteiger partial charge >= 0.3 is 23.9 Å². The van der Waals surface area contributed by atoms with Crippen molar-refractivity contribution in [2.45, 2.75) is 51.4 Å². The van der Waals surface area contributed by atoms with Gasteiger partial charge in [0.1, 0.15) is 0 Å². The Hall–Kier alpha value is -4.22. The Balaban J connectivity index is 1.18. The average Bonchev–Trinajstić information content (AvgIpc) is 3.98. The first-order chi connectivity index (χ1) is 26.5. The predicted molar refractivity (Wildman–Crippen MR) is 228 cm³/mol. The zero-order valence-electron chi connectivity index (χ0n) is 28.9. The van der Waals surface area contributed by atoms with Gasteiger partial charge in [-0.15, -0.1) is 79.4 Å². The number of aryl methyl sites for hydroxylation is 4. The van der Waals surface area contributed by atoms with E-state index in [9.17, 15) is 39.6 Å². The highest BCUT2D eigenvalue weighted by Crippen LogP contribution is 2.49. The quantitative estimate of drug-likeness (QED) is 0.0666. The second-order valence-electron chi connectivity index (χ2n) is 12.5. The summed E-state index contributed by atoms with van der Waals surface area (Å²) in [5.41, 5.74) is 3.97. The van der Waals surface area contributed by atoms with Gasteiger partial charge in [0, 0.05) is 84.2 Å². The molecule has 7 aromatic heterocycles. The average molecular weight is 865 g/mol. The van der Waals surface area contributed by atoms with Crippen LogP contribution in [0, 0.1) is 0 Å². The molecule has 7 rings (SSSR count). The highest BCUT2D eigenvalue weighted by molar-refractivity contribution is 7.31. The van der Waals surface area contributed by atoms with Crippen LogP contribution < -0.4 is 0 Å². The van der Waals surface area contributed by atoms with Crippen LogP contribution in [0.2, 0.25) is 0 Å². The van der Waals surface area contributed by atoms with Crippen LogP contribution in [0.1, 0.15) is 47.9 Å². The van der Waals surface area contributed by atoms with Gasteiger partial charge in [-0.3, -0.25) is 19.2 Å². The Morgan fingerprint density at radius 1 is 0.364 bits per heavy atom. The molecule has 0 aliphatic carbocycles. The molecule has 0 saturated carbocycles. The summed E-state index contributed by atoms with van der Waals surface area (Å²) in [4.78, 5) is 58.3. The Labute approximate surface area is 343 Å². The molecule has 0 unspecified atom stereocenters. The van der Waals surface area contributed by atoms with E-state index in [1.54, 1.807) is 79.4 Å². The SMILES string of the molecule is O=C(O)CCc1ccsc1-c1ccc(-c2sc(-c3ccc(-c4cc(CCC(=O)O)c(-c5ccc(-c6sccc6CCC(=O)O)s5)s4)s3)cc2CCC(=O)O)s1. The van der Waals surface area contributed by atoms with Crippen LogP contribution in [-0.4, -0.2) is 44.3 Å². The number of hydrogen-bond acceptors (Lipinski definition) is 11. The second-order valence-corrected chi connectivity index (χ2v) is 19.7. The van der Waals surface area contributed by atoms with Crippen molar-refractivity contribution in [1.29, 1.82) is 0 Å². The van der Waals surface area contributed by atoms with Crippen molar-refractivity contribution in [2.75, 3.05) is 0 Å². The van der Waals surface area contributed by atoms with Gasteiger partial charge in [-0.1, -0.05) is 0 Å². The van der Waals surface area contributed by atoms with Crippen molar-refractivity contribution in [3.8, 4) is 58.5 Å². The summed E-state index contributed by atoms with van der Waals surface area (Å²) in [6.07, 6.45) is 1.87. The molecule has 0 aliphatic rings. The van der Waals surface area contributed by atoms with Gasteiger partial charge in [0.15, 0.2) is 0 Å². The molecule has 4 N–H and O–H groups in total. The van der Waals surface area contributed by atoms with Crippen molar-refractivity contribution in [3.05, 3.63) is 93.7 Å². The molecule has 0 radical (unpaired) electrons. The fourth-order valence-corrected chi connectivity index (χ4v) is 14.2. The fraction of sp³-hybridized carbons (Fsp3) is 0.200. The van der Waals surface area contributed by atoms with E-state index >= 15 is 0 Å². The summed E-state index contributed by atoms with van der Waals surface area (Å²) < 4.78 is 0. The minimum atomic E-state index is -0.857. The molecule has 55 heavy (non-hydrogen) atoms. The Kier molecular flexibility index (Phi) is 12.3. The lowest BCUT2D eigenvalue weighted by atomic mass is 10.1. The number of carboxylic acids is 4. The standard InChI is InChI=1S/C40H32O8S7/c41-33(42)11-1-21-15-17-49-37(21)27-7-9-29(52-27)39-23(3-13-35(45)46)19-31(54-39)25-5-6-26(51-25)32-20-24(4-14-36(47)48)40(55-32)30-10-8-28(53-30)38-22(16-18-50-38)2-12-34(43)44/h5-10,15-20H,1-4,11-14H2,(H,41,42)(H,43,44)(H,45,46)(H,47,48). The molecule has 282 valence electrons. The molecule has 0 aromatic carbocycles. The number of thiophene rings is 7. The molecular formula is C40H32O8S7. The minimum absolute atomic E-state index is 0.0129. The zero-order valence-corrected chi connectivity index (χ0v) is 34.6. The van der Waals surface area contributed by atoms with Crippen molar-refractivity contribution in [3.63, 3.8) is 0 Å². The van der Waals surface area contributed by atoms with Gasteiger partial charge in [-0.25, -0.2) is 0 Å². The van der Waals surface area contributed by atoms with Crippen LogP contribution >= 0.6 is 79.4 Å². The zero-order chi connectivity index (χ0) is 38.6. The summed E-state index contributed by atoms with van der Waals surface area (Å²) in [6.45, 7) is 0. The molecule has 7 heterocycles. The minimum Gasteiger partial charge on any atom is -0.481 e. The Morgan fingerprint density at radius 2 is 0.673 bits per heavy atom.